The van der Waals surface area contributed by atoms with Gasteiger partial charge in [0.2, 0.25) is 5.91 Å². The number of hydrogen-bond acceptors (Lipinski definition) is 8. The van der Waals surface area contributed by atoms with Crippen LogP contribution in [0.5, 0.6) is 0 Å². The lowest BCUT2D eigenvalue weighted by atomic mass is 10.2. The predicted molar refractivity (Wildman–Crippen MR) is 104 cm³/mol. The molecule has 0 spiro atoms. The van der Waals surface area contributed by atoms with Gasteiger partial charge < -0.3 is 9.47 Å². The number of methoxy groups -OCH3 is 1. The second-order valence-corrected chi connectivity index (χ2v) is 7.33. The van der Waals surface area contributed by atoms with Crippen LogP contribution in [-0.2, 0) is 25.6 Å². The molecule has 0 fully saturated rings. The molecule has 0 aliphatic carbocycles. The van der Waals surface area contributed by atoms with Crippen molar-refractivity contribution in [2.75, 3.05) is 24.9 Å². The first kappa shape index (κ1) is 20.9. The fourth-order valence-electron chi connectivity index (χ4n) is 2.27. The highest BCUT2D eigenvalue weighted by atomic mass is 32.2. The average Bonchev–Trinajstić information content (AvgIpc) is 3.10. The summed E-state index contributed by atoms with van der Waals surface area (Å²) in [5.74, 6) is -1.51. The average molecular weight is 409 g/mol. The van der Waals surface area contributed by atoms with Crippen molar-refractivity contribution in [1.29, 1.82) is 0 Å². The van der Waals surface area contributed by atoms with Crippen LogP contribution in [0, 0.1) is 0 Å². The highest BCUT2D eigenvalue weighted by Crippen LogP contribution is 2.33. The van der Waals surface area contributed by atoms with Crippen molar-refractivity contribution in [3.63, 3.8) is 0 Å². The van der Waals surface area contributed by atoms with Crippen molar-refractivity contribution in [3.8, 4) is 0 Å². The quantitative estimate of drug-likeness (QED) is 0.377. The van der Waals surface area contributed by atoms with Gasteiger partial charge in [0.25, 0.3) is 0 Å². The summed E-state index contributed by atoms with van der Waals surface area (Å²) in [6, 6.07) is 9.26. The van der Waals surface area contributed by atoms with Crippen LogP contribution >= 0.6 is 23.1 Å². The Morgan fingerprint density at radius 1 is 1.22 bits per heavy atom. The van der Waals surface area contributed by atoms with E-state index in [1.165, 1.54) is 23.8 Å². The van der Waals surface area contributed by atoms with Crippen LogP contribution in [-0.4, -0.2) is 42.8 Å². The van der Waals surface area contributed by atoms with Crippen LogP contribution in [0.25, 0.3) is 0 Å². The minimum atomic E-state index is -0.625. The van der Waals surface area contributed by atoms with E-state index in [1.807, 2.05) is 36.6 Å². The van der Waals surface area contributed by atoms with E-state index in [-0.39, 0.29) is 23.8 Å². The number of benzene rings is 1. The van der Waals surface area contributed by atoms with Gasteiger partial charge in [-0.2, -0.15) is 0 Å². The van der Waals surface area contributed by atoms with Crippen LogP contribution in [0.4, 0.5) is 5.82 Å². The van der Waals surface area contributed by atoms with Gasteiger partial charge in [0, 0.05) is 0 Å². The van der Waals surface area contributed by atoms with Gasteiger partial charge in [0.1, 0.15) is 6.42 Å². The first-order valence-corrected chi connectivity index (χ1v) is 10.2. The minimum absolute atomic E-state index is 0.167. The van der Waals surface area contributed by atoms with E-state index in [0.717, 1.165) is 16.9 Å². The van der Waals surface area contributed by atoms with Crippen LogP contribution in [0.3, 0.4) is 0 Å². The summed E-state index contributed by atoms with van der Waals surface area (Å²) in [6.45, 7) is 2.02. The minimum Gasteiger partial charge on any atom is -0.466 e. The Morgan fingerprint density at radius 2 is 1.93 bits per heavy atom. The lowest BCUT2D eigenvalue weighted by Crippen LogP contribution is -2.33. The van der Waals surface area contributed by atoms with E-state index < -0.39 is 24.3 Å². The zero-order chi connectivity index (χ0) is 19.8. The standard InChI is InChI=1S/C18H20N2O5S2/c1-4-25-14(22)10-13(21)20(11-12-8-6-5-7-9-12)16-15(17(23)24-2)27-18(19-16)26-3/h5-9H,4,10-11H2,1-3H3. The second-order valence-electron chi connectivity index (χ2n) is 5.28. The zero-order valence-electron chi connectivity index (χ0n) is 15.3. The third-order valence-electron chi connectivity index (χ3n) is 3.48. The van der Waals surface area contributed by atoms with Crippen molar-refractivity contribution < 1.29 is 23.9 Å². The monoisotopic (exact) mass is 408 g/mol. The summed E-state index contributed by atoms with van der Waals surface area (Å²) in [6.07, 6.45) is 1.39. The molecule has 0 saturated carbocycles. The first-order chi connectivity index (χ1) is 13.0. The summed E-state index contributed by atoms with van der Waals surface area (Å²) in [5, 5.41) is 0. The molecule has 1 amide bonds. The molecule has 9 heteroatoms. The highest BCUT2D eigenvalue weighted by molar-refractivity contribution is 8.00. The van der Waals surface area contributed by atoms with Crippen molar-refractivity contribution in [2.24, 2.45) is 0 Å². The molecule has 0 unspecified atom stereocenters. The molecule has 2 aromatic rings. The van der Waals surface area contributed by atoms with Crippen LogP contribution < -0.4 is 4.90 Å². The smallest absolute Gasteiger partial charge is 0.351 e. The molecule has 2 rings (SSSR count). The Hall–Kier alpha value is -2.39. The Morgan fingerprint density at radius 3 is 2.52 bits per heavy atom. The first-order valence-electron chi connectivity index (χ1n) is 8.13. The third kappa shape index (κ3) is 5.54. The number of carbonyl (C=O) groups excluding carboxylic acids is 3. The summed E-state index contributed by atoms with van der Waals surface area (Å²) in [5.41, 5.74) is 0.837. The Labute approximate surface area is 165 Å². The molecular weight excluding hydrogens is 388 g/mol. The zero-order valence-corrected chi connectivity index (χ0v) is 16.9. The van der Waals surface area contributed by atoms with Crippen LogP contribution in [0.2, 0.25) is 0 Å². The maximum Gasteiger partial charge on any atom is 0.351 e. The normalized spacial score (nSPS) is 10.3. The summed E-state index contributed by atoms with van der Waals surface area (Å²) in [4.78, 5) is 42.7. The number of rotatable bonds is 8. The molecule has 0 aliphatic rings. The number of ether oxygens (including phenoxy) is 2. The number of aromatic nitrogens is 1. The maximum atomic E-state index is 12.8. The molecule has 0 N–H and O–H groups in total. The molecular formula is C18H20N2O5S2. The molecule has 0 saturated heterocycles. The second kappa shape index (κ2) is 10.1. The Balaban J connectivity index is 2.42. The van der Waals surface area contributed by atoms with Gasteiger partial charge in [-0.1, -0.05) is 53.4 Å². The third-order valence-corrected chi connectivity index (χ3v) is 5.49. The number of thioether (sulfide) groups is 1. The fraction of sp³-hybridized carbons (Fsp3) is 0.333. The molecule has 0 atom stereocenters. The molecule has 0 radical (unpaired) electrons. The molecule has 0 bridgehead atoms. The Bertz CT molecular complexity index is 807. The van der Waals surface area contributed by atoms with Gasteiger partial charge in [-0.05, 0) is 18.7 Å². The molecule has 144 valence electrons. The molecule has 0 aliphatic heterocycles. The van der Waals surface area contributed by atoms with Gasteiger partial charge in [0.05, 0.1) is 20.3 Å². The lowest BCUT2D eigenvalue weighted by Gasteiger charge is -2.21. The van der Waals surface area contributed by atoms with Gasteiger partial charge in [0.15, 0.2) is 15.0 Å². The molecule has 27 heavy (non-hydrogen) atoms. The van der Waals surface area contributed by atoms with Crippen molar-refractivity contribution in [1.82, 2.24) is 4.98 Å². The van der Waals surface area contributed by atoms with Gasteiger partial charge >= 0.3 is 11.9 Å². The molecule has 7 nitrogen and oxygen atoms in total. The number of esters is 2. The summed E-state index contributed by atoms with van der Waals surface area (Å²) < 4.78 is 10.3. The number of carbonyl (C=O) groups is 3. The van der Waals surface area contributed by atoms with Crippen LogP contribution in [0.1, 0.15) is 28.6 Å². The van der Waals surface area contributed by atoms with E-state index in [9.17, 15) is 14.4 Å². The molecule has 1 heterocycles. The van der Waals surface area contributed by atoms with Crippen LogP contribution in [0.15, 0.2) is 34.7 Å². The number of nitrogens with zero attached hydrogens (tertiary/aromatic N) is 2. The highest BCUT2D eigenvalue weighted by Gasteiger charge is 2.29. The number of anilines is 1. The van der Waals surface area contributed by atoms with E-state index in [2.05, 4.69) is 4.98 Å². The van der Waals surface area contributed by atoms with E-state index in [4.69, 9.17) is 9.47 Å². The van der Waals surface area contributed by atoms with E-state index in [0.29, 0.717) is 4.34 Å². The largest absolute Gasteiger partial charge is 0.466 e. The maximum absolute atomic E-state index is 12.8. The van der Waals surface area contributed by atoms with Gasteiger partial charge in [-0.25, -0.2) is 9.78 Å². The van der Waals surface area contributed by atoms with Gasteiger partial charge in [-0.3, -0.25) is 14.5 Å². The lowest BCUT2D eigenvalue weighted by molar-refractivity contribution is -0.145. The summed E-state index contributed by atoms with van der Waals surface area (Å²) >= 11 is 2.50. The fourth-order valence-corrected chi connectivity index (χ4v) is 3.75. The molecule has 1 aromatic carbocycles. The number of hydrogen-bond donors (Lipinski definition) is 0. The Kier molecular flexibility index (Phi) is 7.81. The van der Waals surface area contributed by atoms with Gasteiger partial charge in [-0.15, -0.1) is 0 Å². The van der Waals surface area contributed by atoms with E-state index in [1.54, 1.807) is 6.92 Å². The van der Waals surface area contributed by atoms with Crippen molar-refractivity contribution in [3.05, 3.63) is 40.8 Å². The molecule has 1 aromatic heterocycles. The number of amides is 1. The topological polar surface area (TPSA) is 85.8 Å². The van der Waals surface area contributed by atoms with Crippen molar-refractivity contribution in [2.45, 2.75) is 24.2 Å². The van der Waals surface area contributed by atoms with Crippen molar-refractivity contribution >= 4 is 46.8 Å². The SMILES string of the molecule is CCOC(=O)CC(=O)N(Cc1ccccc1)c1nc(SC)sc1C(=O)OC. The summed E-state index contributed by atoms with van der Waals surface area (Å²) in [7, 11) is 1.27. The number of thiazole rings is 1. The van der Waals surface area contributed by atoms with E-state index >= 15 is 0 Å². The predicted octanol–water partition coefficient (Wildman–Crippen LogP) is 3.14.